The lowest BCUT2D eigenvalue weighted by atomic mass is 10.1. The van der Waals surface area contributed by atoms with E-state index in [0.29, 0.717) is 13.0 Å². The standard InChI is InChI=1S/C7H9NO3/c9-5-8-6-3-1-2-4-11-7(6)10/h6H,1-4H2. The van der Waals surface area contributed by atoms with Gasteiger partial charge in [-0.2, -0.15) is 4.99 Å². The predicted molar refractivity (Wildman–Crippen MR) is 36.7 cm³/mol. The van der Waals surface area contributed by atoms with Crippen molar-refractivity contribution < 1.29 is 14.3 Å². The second-order valence-corrected chi connectivity index (χ2v) is 2.40. The van der Waals surface area contributed by atoms with Gasteiger partial charge in [-0.05, 0) is 19.3 Å². The van der Waals surface area contributed by atoms with E-state index in [4.69, 9.17) is 4.74 Å². The predicted octanol–water partition coefficient (Wildman–Crippen LogP) is 0.418. The van der Waals surface area contributed by atoms with Crippen LogP contribution in [0.2, 0.25) is 0 Å². The number of rotatable bonds is 1. The highest BCUT2D eigenvalue weighted by molar-refractivity contribution is 5.77. The van der Waals surface area contributed by atoms with Crippen LogP contribution >= 0.6 is 0 Å². The quantitative estimate of drug-likeness (QED) is 0.313. The van der Waals surface area contributed by atoms with Crippen LogP contribution in [0.15, 0.2) is 4.99 Å². The van der Waals surface area contributed by atoms with Crippen LogP contribution in [0.5, 0.6) is 0 Å². The van der Waals surface area contributed by atoms with E-state index in [1.165, 1.54) is 6.08 Å². The number of nitrogens with zero attached hydrogens (tertiary/aromatic N) is 1. The maximum atomic E-state index is 10.9. The Hall–Kier alpha value is -1.15. The molecule has 0 aromatic rings. The largest absolute Gasteiger partial charge is 0.464 e. The van der Waals surface area contributed by atoms with Crippen LogP contribution in [-0.2, 0) is 14.3 Å². The average molecular weight is 155 g/mol. The summed E-state index contributed by atoms with van der Waals surface area (Å²) in [7, 11) is 0. The molecule has 0 saturated carbocycles. The SMILES string of the molecule is O=C=NC1CCCCOC1=O. The maximum Gasteiger partial charge on any atom is 0.331 e. The van der Waals surface area contributed by atoms with E-state index in [0.717, 1.165) is 12.8 Å². The molecule has 0 bridgehead atoms. The van der Waals surface area contributed by atoms with Gasteiger partial charge in [0, 0.05) is 0 Å². The van der Waals surface area contributed by atoms with Gasteiger partial charge in [0.05, 0.1) is 6.61 Å². The first kappa shape index (κ1) is 7.95. The molecule has 1 unspecified atom stereocenters. The molecule has 0 N–H and O–H groups in total. The number of hydrogen-bond acceptors (Lipinski definition) is 4. The minimum absolute atomic E-state index is 0.397. The molecule has 1 fully saturated rings. The Morgan fingerprint density at radius 3 is 3.09 bits per heavy atom. The minimum atomic E-state index is -0.602. The Bertz CT molecular complexity index is 196. The van der Waals surface area contributed by atoms with Gasteiger partial charge in [-0.1, -0.05) is 0 Å². The van der Waals surface area contributed by atoms with Crippen molar-refractivity contribution in [3.05, 3.63) is 0 Å². The molecule has 1 heterocycles. The second-order valence-electron chi connectivity index (χ2n) is 2.40. The number of ether oxygens (including phenoxy) is 1. The van der Waals surface area contributed by atoms with E-state index < -0.39 is 12.0 Å². The van der Waals surface area contributed by atoms with Gasteiger partial charge in [-0.15, -0.1) is 0 Å². The van der Waals surface area contributed by atoms with Crippen molar-refractivity contribution in [3.8, 4) is 0 Å². The molecule has 0 amide bonds. The van der Waals surface area contributed by atoms with Crippen LogP contribution in [0.3, 0.4) is 0 Å². The van der Waals surface area contributed by atoms with Gasteiger partial charge in [0.25, 0.3) is 0 Å². The molecule has 1 atom stereocenters. The van der Waals surface area contributed by atoms with Gasteiger partial charge in [-0.3, -0.25) is 0 Å². The van der Waals surface area contributed by atoms with E-state index in [9.17, 15) is 9.59 Å². The lowest BCUT2D eigenvalue weighted by Crippen LogP contribution is -2.18. The Kier molecular flexibility index (Phi) is 2.81. The molecular formula is C7H9NO3. The molecule has 0 radical (unpaired) electrons. The fourth-order valence-corrected chi connectivity index (χ4v) is 1.01. The van der Waals surface area contributed by atoms with Crippen LogP contribution in [0.25, 0.3) is 0 Å². The molecule has 1 rings (SSSR count). The van der Waals surface area contributed by atoms with Gasteiger partial charge in [0.1, 0.15) is 0 Å². The normalized spacial score (nSPS) is 24.7. The summed E-state index contributed by atoms with van der Waals surface area (Å²) in [4.78, 5) is 24.1. The lowest BCUT2D eigenvalue weighted by molar-refractivity contribution is -0.144. The van der Waals surface area contributed by atoms with E-state index in [-0.39, 0.29) is 0 Å². The van der Waals surface area contributed by atoms with Crippen molar-refractivity contribution in [2.45, 2.75) is 25.3 Å². The Morgan fingerprint density at radius 2 is 2.36 bits per heavy atom. The Morgan fingerprint density at radius 1 is 1.55 bits per heavy atom. The maximum absolute atomic E-state index is 10.9. The second kappa shape index (κ2) is 3.88. The van der Waals surface area contributed by atoms with Gasteiger partial charge in [0.15, 0.2) is 6.04 Å². The van der Waals surface area contributed by atoms with Crippen molar-refractivity contribution in [2.75, 3.05) is 6.61 Å². The average Bonchev–Trinajstić information content (AvgIpc) is 2.18. The summed E-state index contributed by atoms with van der Waals surface area (Å²) < 4.78 is 4.76. The topological polar surface area (TPSA) is 55.7 Å². The number of isocyanates is 1. The van der Waals surface area contributed by atoms with E-state index in [1.807, 2.05) is 0 Å². The summed E-state index contributed by atoms with van der Waals surface area (Å²) >= 11 is 0. The number of carbonyl (C=O) groups excluding carboxylic acids is 2. The van der Waals surface area contributed by atoms with Crippen molar-refractivity contribution >= 4 is 12.0 Å². The Labute approximate surface area is 64.3 Å². The minimum Gasteiger partial charge on any atom is -0.464 e. The lowest BCUT2D eigenvalue weighted by Gasteiger charge is -2.02. The molecule has 60 valence electrons. The molecule has 1 aliphatic rings. The van der Waals surface area contributed by atoms with Crippen LogP contribution in [0.1, 0.15) is 19.3 Å². The molecule has 0 aromatic heterocycles. The van der Waals surface area contributed by atoms with E-state index in [2.05, 4.69) is 4.99 Å². The highest BCUT2D eigenvalue weighted by Crippen LogP contribution is 2.11. The van der Waals surface area contributed by atoms with Gasteiger partial charge < -0.3 is 4.74 Å². The highest BCUT2D eigenvalue weighted by Gasteiger charge is 2.21. The van der Waals surface area contributed by atoms with Crippen LogP contribution < -0.4 is 0 Å². The number of carbonyl (C=O) groups is 1. The van der Waals surface area contributed by atoms with Crippen molar-refractivity contribution in [3.63, 3.8) is 0 Å². The Balaban J connectivity index is 2.59. The van der Waals surface area contributed by atoms with E-state index in [1.54, 1.807) is 0 Å². The molecule has 4 nitrogen and oxygen atoms in total. The third-order valence-electron chi connectivity index (χ3n) is 1.60. The van der Waals surface area contributed by atoms with Crippen LogP contribution in [0.4, 0.5) is 0 Å². The summed E-state index contributed by atoms with van der Waals surface area (Å²) in [6.45, 7) is 0.448. The molecule has 4 heteroatoms. The zero-order valence-corrected chi connectivity index (χ0v) is 6.08. The number of hydrogen-bond donors (Lipinski definition) is 0. The molecule has 0 aromatic carbocycles. The number of cyclic esters (lactones) is 1. The summed E-state index contributed by atoms with van der Waals surface area (Å²) in [6, 6.07) is -0.602. The fraction of sp³-hybridized carbons (Fsp3) is 0.714. The summed E-state index contributed by atoms with van der Waals surface area (Å²) in [5.74, 6) is -0.397. The third kappa shape index (κ3) is 2.16. The molecule has 11 heavy (non-hydrogen) atoms. The summed E-state index contributed by atoms with van der Waals surface area (Å²) in [6.07, 6.45) is 3.71. The van der Waals surface area contributed by atoms with Crippen molar-refractivity contribution in [1.29, 1.82) is 0 Å². The molecule has 1 aliphatic heterocycles. The third-order valence-corrected chi connectivity index (χ3v) is 1.60. The number of esters is 1. The molecule has 0 spiro atoms. The van der Waals surface area contributed by atoms with E-state index >= 15 is 0 Å². The molecule has 0 aliphatic carbocycles. The molecular weight excluding hydrogens is 146 g/mol. The van der Waals surface area contributed by atoms with Crippen molar-refractivity contribution in [1.82, 2.24) is 0 Å². The first-order chi connectivity index (χ1) is 5.34. The summed E-state index contributed by atoms with van der Waals surface area (Å²) in [5, 5.41) is 0. The zero-order chi connectivity index (χ0) is 8.10. The first-order valence-electron chi connectivity index (χ1n) is 3.58. The van der Waals surface area contributed by atoms with Gasteiger partial charge in [-0.25, -0.2) is 9.59 Å². The van der Waals surface area contributed by atoms with Gasteiger partial charge >= 0.3 is 5.97 Å². The van der Waals surface area contributed by atoms with Gasteiger partial charge in [0.2, 0.25) is 6.08 Å². The fourth-order valence-electron chi connectivity index (χ4n) is 1.01. The van der Waals surface area contributed by atoms with Crippen LogP contribution in [-0.4, -0.2) is 24.7 Å². The zero-order valence-electron chi connectivity index (χ0n) is 6.08. The highest BCUT2D eigenvalue weighted by atomic mass is 16.5. The van der Waals surface area contributed by atoms with Crippen LogP contribution in [0, 0.1) is 0 Å². The number of aliphatic imine (C=N–C) groups is 1. The smallest absolute Gasteiger partial charge is 0.331 e. The van der Waals surface area contributed by atoms with Crippen molar-refractivity contribution in [2.24, 2.45) is 4.99 Å². The monoisotopic (exact) mass is 155 g/mol. The summed E-state index contributed by atoms with van der Waals surface area (Å²) in [5.41, 5.74) is 0. The first-order valence-corrected chi connectivity index (χ1v) is 3.58. The molecule has 1 saturated heterocycles.